The van der Waals surface area contributed by atoms with Gasteiger partial charge in [0, 0.05) is 5.39 Å². The van der Waals surface area contributed by atoms with E-state index in [1.807, 2.05) is 42.5 Å². The molecule has 70 valence electrons. The fourth-order valence-electron chi connectivity index (χ4n) is 1.36. The fraction of sp³-hybridized carbons (Fsp3) is 0. The van der Waals surface area contributed by atoms with Crippen molar-refractivity contribution in [1.82, 2.24) is 0 Å². The van der Waals surface area contributed by atoms with E-state index in [4.69, 9.17) is 10.6 Å². The van der Waals surface area contributed by atoms with Gasteiger partial charge in [-0.3, -0.25) is 0 Å². The van der Waals surface area contributed by atoms with Crippen molar-refractivity contribution in [2.24, 2.45) is 10.9 Å². The van der Waals surface area contributed by atoms with Gasteiger partial charge in [-0.15, -0.1) is 0 Å². The van der Waals surface area contributed by atoms with Crippen molar-refractivity contribution in [3.05, 3.63) is 42.5 Å². The van der Waals surface area contributed by atoms with Crippen molar-refractivity contribution in [2.75, 3.05) is 0 Å². The molecule has 0 amide bonds. The topological polar surface area (TPSA) is 47.6 Å². The number of benzene rings is 2. The van der Waals surface area contributed by atoms with E-state index in [1.54, 1.807) is 0 Å². The third-order valence-corrected chi connectivity index (χ3v) is 1.96. The molecular weight excluding hydrogens is 176 g/mol. The lowest BCUT2D eigenvalue weighted by Crippen LogP contribution is -1.92. The van der Waals surface area contributed by atoms with E-state index < -0.39 is 0 Å². The van der Waals surface area contributed by atoms with E-state index in [1.165, 1.54) is 0 Å². The molecule has 0 aromatic heterocycles. The van der Waals surface area contributed by atoms with Crippen molar-refractivity contribution in [2.45, 2.75) is 0 Å². The van der Waals surface area contributed by atoms with Gasteiger partial charge in [-0.1, -0.05) is 41.6 Å². The van der Waals surface area contributed by atoms with E-state index in [-0.39, 0.29) is 0 Å². The van der Waals surface area contributed by atoms with Crippen LogP contribution in [-0.2, 0) is 0 Å². The molecule has 0 saturated heterocycles. The highest BCUT2D eigenvalue weighted by Crippen LogP contribution is 2.24. The Hall–Kier alpha value is -2.03. The lowest BCUT2D eigenvalue weighted by Gasteiger charge is -2.02. The fourth-order valence-corrected chi connectivity index (χ4v) is 1.36. The highest BCUT2D eigenvalue weighted by Gasteiger charge is 1.99. The van der Waals surface area contributed by atoms with Crippen LogP contribution < -0.4 is 10.6 Å². The van der Waals surface area contributed by atoms with Gasteiger partial charge in [0.15, 0.2) is 5.75 Å². The molecule has 0 aliphatic carbocycles. The highest BCUT2D eigenvalue weighted by molar-refractivity contribution is 5.88. The zero-order valence-electron chi connectivity index (χ0n) is 7.55. The molecule has 3 heteroatoms. The Balaban J connectivity index is 2.53. The second-order valence-electron chi connectivity index (χ2n) is 2.82. The molecule has 2 aromatic carbocycles. The van der Waals surface area contributed by atoms with Crippen molar-refractivity contribution in [3.63, 3.8) is 0 Å². The molecular formula is C11H10N2O. The molecule has 0 radical (unpaired) electrons. The first-order valence-corrected chi connectivity index (χ1v) is 4.30. The van der Waals surface area contributed by atoms with Gasteiger partial charge in [0.1, 0.15) is 6.34 Å². The summed E-state index contributed by atoms with van der Waals surface area (Å²) in [7, 11) is 0. The zero-order valence-corrected chi connectivity index (χ0v) is 7.55. The van der Waals surface area contributed by atoms with Crippen molar-refractivity contribution in [3.8, 4) is 5.75 Å². The molecule has 0 saturated carbocycles. The van der Waals surface area contributed by atoms with Gasteiger partial charge in [-0.25, -0.2) is 0 Å². The first kappa shape index (κ1) is 8.56. The SMILES string of the molecule is NC=NOc1cccc2ccccc12. The van der Waals surface area contributed by atoms with Crippen molar-refractivity contribution >= 4 is 17.1 Å². The van der Waals surface area contributed by atoms with Gasteiger partial charge in [0.25, 0.3) is 0 Å². The smallest absolute Gasteiger partial charge is 0.165 e. The van der Waals surface area contributed by atoms with Crippen LogP contribution in [0.25, 0.3) is 10.8 Å². The average molecular weight is 186 g/mol. The van der Waals surface area contributed by atoms with Crippen LogP contribution in [0.4, 0.5) is 0 Å². The van der Waals surface area contributed by atoms with Crippen LogP contribution in [-0.4, -0.2) is 6.34 Å². The van der Waals surface area contributed by atoms with Crippen LogP contribution in [0, 0.1) is 0 Å². The Labute approximate surface area is 81.8 Å². The summed E-state index contributed by atoms with van der Waals surface area (Å²) in [5.41, 5.74) is 5.10. The molecule has 0 aliphatic heterocycles. The summed E-state index contributed by atoms with van der Waals surface area (Å²) in [6.45, 7) is 0. The maximum absolute atomic E-state index is 5.11. The Morgan fingerprint density at radius 2 is 1.86 bits per heavy atom. The third kappa shape index (κ3) is 1.52. The van der Waals surface area contributed by atoms with Crippen molar-refractivity contribution < 1.29 is 4.84 Å². The lowest BCUT2D eigenvalue weighted by molar-refractivity contribution is 0.347. The number of nitrogens with two attached hydrogens (primary N) is 1. The van der Waals surface area contributed by atoms with Crippen LogP contribution in [0.5, 0.6) is 5.75 Å². The molecule has 3 nitrogen and oxygen atoms in total. The number of hydrogen-bond acceptors (Lipinski definition) is 2. The Morgan fingerprint density at radius 3 is 2.71 bits per heavy atom. The summed E-state index contributed by atoms with van der Waals surface area (Å²) >= 11 is 0. The molecule has 0 heterocycles. The van der Waals surface area contributed by atoms with Crippen molar-refractivity contribution in [1.29, 1.82) is 0 Å². The van der Waals surface area contributed by atoms with E-state index in [0.29, 0.717) is 5.75 Å². The average Bonchev–Trinajstić information content (AvgIpc) is 2.26. The van der Waals surface area contributed by atoms with E-state index in [2.05, 4.69) is 5.16 Å². The highest BCUT2D eigenvalue weighted by atomic mass is 16.6. The number of oxime groups is 1. The number of hydrogen-bond donors (Lipinski definition) is 1. The first-order valence-electron chi connectivity index (χ1n) is 4.30. The van der Waals surface area contributed by atoms with Crippen LogP contribution >= 0.6 is 0 Å². The van der Waals surface area contributed by atoms with E-state index in [0.717, 1.165) is 17.1 Å². The Morgan fingerprint density at radius 1 is 1.07 bits per heavy atom. The predicted octanol–water partition coefficient (Wildman–Crippen LogP) is 2.12. The summed E-state index contributed by atoms with van der Waals surface area (Å²) in [5, 5.41) is 5.70. The second kappa shape index (κ2) is 3.79. The van der Waals surface area contributed by atoms with Crippen LogP contribution in [0.3, 0.4) is 0 Å². The largest absolute Gasteiger partial charge is 0.387 e. The number of rotatable bonds is 2. The molecule has 0 unspecified atom stereocenters. The van der Waals surface area contributed by atoms with Gasteiger partial charge in [0.05, 0.1) is 0 Å². The second-order valence-corrected chi connectivity index (χ2v) is 2.82. The standard InChI is InChI=1S/C11H10N2O/c12-8-13-14-11-7-3-5-9-4-1-2-6-10(9)11/h1-8H,(H2,12,13). The minimum Gasteiger partial charge on any atom is -0.387 e. The first-order chi connectivity index (χ1) is 6.92. The number of nitrogens with zero attached hydrogens (tertiary/aromatic N) is 1. The molecule has 0 aliphatic rings. The minimum absolute atomic E-state index is 0.713. The van der Waals surface area contributed by atoms with Gasteiger partial charge < -0.3 is 10.6 Å². The van der Waals surface area contributed by atoms with Crippen LogP contribution in [0.15, 0.2) is 47.6 Å². The zero-order chi connectivity index (χ0) is 9.80. The molecule has 2 rings (SSSR count). The lowest BCUT2D eigenvalue weighted by atomic mass is 10.1. The van der Waals surface area contributed by atoms with Gasteiger partial charge in [-0.05, 0) is 11.5 Å². The normalized spacial score (nSPS) is 10.9. The molecule has 0 spiro atoms. The molecule has 2 aromatic rings. The van der Waals surface area contributed by atoms with E-state index in [9.17, 15) is 0 Å². The van der Waals surface area contributed by atoms with Crippen LogP contribution in [0.2, 0.25) is 0 Å². The molecule has 14 heavy (non-hydrogen) atoms. The summed E-state index contributed by atoms with van der Waals surface area (Å²) in [5.74, 6) is 0.713. The molecule has 0 atom stereocenters. The molecule has 2 N–H and O–H groups in total. The molecule has 0 bridgehead atoms. The maximum Gasteiger partial charge on any atom is 0.165 e. The minimum atomic E-state index is 0.713. The predicted molar refractivity (Wildman–Crippen MR) is 57.3 cm³/mol. The summed E-state index contributed by atoms with van der Waals surface area (Å²) in [4.78, 5) is 5.11. The van der Waals surface area contributed by atoms with Gasteiger partial charge in [0.2, 0.25) is 0 Å². The van der Waals surface area contributed by atoms with Crippen LogP contribution in [0.1, 0.15) is 0 Å². The Bertz CT molecular complexity index is 460. The molecule has 0 fully saturated rings. The number of fused-ring (bicyclic) bond motifs is 1. The quantitative estimate of drug-likeness (QED) is 0.443. The summed E-state index contributed by atoms with van der Waals surface area (Å²) in [6.07, 6.45) is 1.13. The van der Waals surface area contributed by atoms with Gasteiger partial charge in [-0.2, -0.15) is 0 Å². The third-order valence-electron chi connectivity index (χ3n) is 1.96. The maximum atomic E-state index is 5.11. The Kier molecular flexibility index (Phi) is 2.32. The van der Waals surface area contributed by atoms with E-state index >= 15 is 0 Å². The monoisotopic (exact) mass is 186 g/mol. The summed E-state index contributed by atoms with van der Waals surface area (Å²) in [6, 6.07) is 13.7. The summed E-state index contributed by atoms with van der Waals surface area (Å²) < 4.78 is 0. The van der Waals surface area contributed by atoms with Gasteiger partial charge >= 0.3 is 0 Å².